The summed E-state index contributed by atoms with van der Waals surface area (Å²) in [5.74, 6) is 1.56. The molecule has 0 bridgehead atoms. The van der Waals surface area contributed by atoms with Crippen molar-refractivity contribution in [2.75, 3.05) is 31.5 Å². The van der Waals surface area contributed by atoms with E-state index in [0.29, 0.717) is 19.6 Å². The van der Waals surface area contributed by atoms with Crippen LogP contribution in [0.2, 0.25) is 5.02 Å². The maximum absolute atomic E-state index is 6.20. The molecule has 8 nitrogen and oxygen atoms in total. The van der Waals surface area contributed by atoms with E-state index >= 15 is 0 Å². The Morgan fingerprint density at radius 2 is 2.00 bits per heavy atom. The lowest BCUT2D eigenvalue weighted by molar-refractivity contribution is 0.785. The van der Waals surface area contributed by atoms with Gasteiger partial charge in [0.1, 0.15) is 12.1 Å². The number of aliphatic imine (C=N–C) groups is 1. The molecule has 1 aromatic carbocycles. The van der Waals surface area contributed by atoms with Crippen molar-refractivity contribution >= 4 is 58.4 Å². The van der Waals surface area contributed by atoms with Gasteiger partial charge in [0.05, 0.1) is 11.6 Å². The van der Waals surface area contributed by atoms with Gasteiger partial charge in [-0.1, -0.05) is 29.8 Å². The van der Waals surface area contributed by atoms with Crippen molar-refractivity contribution in [3.8, 4) is 0 Å². The Morgan fingerprint density at radius 1 is 1.17 bits per heavy atom. The minimum atomic E-state index is 0. The highest BCUT2D eigenvalue weighted by Crippen LogP contribution is 2.17. The van der Waals surface area contributed by atoms with Crippen molar-refractivity contribution < 1.29 is 0 Å². The molecule has 0 saturated carbocycles. The number of anilines is 1. The SMILES string of the molecule is CCNC(=NCCc1ccccc1Cl)NCCNc1ncnc2c1cnn2C.I. The monoisotopic (exact) mass is 528 g/mol. The van der Waals surface area contributed by atoms with Crippen LogP contribution in [-0.2, 0) is 13.5 Å². The maximum atomic E-state index is 6.20. The van der Waals surface area contributed by atoms with Crippen LogP contribution in [0.25, 0.3) is 11.0 Å². The first kappa shape index (κ1) is 23.1. The average Bonchev–Trinajstić information content (AvgIpc) is 3.08. The Hall–Kier alpha value is -2.14. The van der Waals surface area contributed by atoms with Crippen LogP contribution in [0.4, 0.5) is 5.82 Å². The molecule has 0 atom stereocenters. The molecule has 3 N–H and O–H groups in total. The normalized spacial score (nSPS) is 11.2. The highest BCUT2D eigenvalue weighted by Gasteiger charge is 2.07. The molecular formula is C19H26ClIN8. The summed E-state index contributed by atoms with van der Waals surface area (Å²) in [6.45, 7) is 4.89. The number of fused-ring (bicyclic) bond motifs is 1. The van der Waals surface area contributed by atoms with Crippen LogP contribution in [0.15, 0.2) is 41.8 Å². The molecule has 0 radical (unpaired) electrons. The zero-order valence-electron chi connectivity index (χ0n) is 16.5. The lowest BCUT2D eigenvalue weighted by atomic mass is 10.1. The van der Waals surface area contributed by atoms with E-state index in [1.807, 2.05) is 38.2 Å². The fourth-order valence-electron chi connectivity index (χ4n) is 2.80. The van der Waals surface area contributed by atoms with E-state index in [1.165, 1.54) is 0 Å². The Labute approximate surface area is 192 Å². The minimum Gasteiger partial charge on any atom is -0.368 e. The zero-order chi connectivity index (χ0) is 19.8. The first-order chi connectivity index (χ1) is 13.7. The van der Waals surface area contributed by atoms with Crippen LogP contribution >= 0.6 is 35.6 Å². The van der Waals surface area contributed by atoms with Gasteiger partial charge in [0, 0.05) is 38.2 Å². The second-order valence-corrected chi connectivity index (χ2v) is 6.59. The molecule has 10 heteroatoms. The molecule has 0 aliphatic heterocycles. The van der Waals surface area contributed by atoms with E-state index in [4.69, 9.17) is 11.6 Å². The first-order valence-electron chi connectivity index (χ1n) is 9.31. The summed E-state index contributed by atoms with van der Waals surface area (Å²) < 4.78 is 1.73. The van der Waals surface area contributed by atoms with Crippen molar-refractivity contribution in [2.24, 2.45) is 12.0 Å². The number of nitrogens with one attached hydrogen (secondary N) is 3. The van der Waals surface area contributed by atoms with Gasteiger partial charge in [0.15, 0.2) is 11.6 Å². The predicted octanol–water partition coefficient (Wildman–Crippen LogP) is 2.84. The van der Waals surface area contributed by atoms with Crippen LogP contribution in [-0.4, -0.2) is 51.9 Å². The van der Waals surface area contributed by atoms with Gasteiger partial charge in [-0.05, 0) is 25.0 Å². The molecule has 0 unspecified atom stereocenters. The number of halogens is 2. The van der Waals surface area contributed by atoms with Gasteiger partial charge in [-0.2, -0.15) is 5.10 Å². The number of rotatable bonds is 8. The third-order valence-electron chi connectivity index (χ3n) is 4.19. The first-order valence-corrected chi connectivity index (χ1v) is 9.69. The molecule has 0 saturated heterocycles. The number of aryl methyl sites for hydroxylation is 1. The van der Waals surface area contributed by atoms with Crippen LogP contribution < -0.4 is 16.0 Å². The van der Waals surface area contributed by atoms with E-state index in [9.17, 15) is 0 Å². The van der Waals surface area contributed by atoms with Crippen molar-refractivity contribution in [1.82, 2.24) is 30.4 Å². The standard InChI is InChI=1S/C19H25ClN8.HI/c1-3-21-19(23-9-8-14-6-4-5-7-16(14)20)24-11-10-22-17-15-12-27-28(2)18(15)26-13-25-17;/h4-7,12-13H,3,8-11H2,1-2H3,(H2,21,23,24)(H,22,25,26);1H. The third kappa shape index (κ3) is 6.43. The molecule has 0 fully saturated rings. The molecule has 0 aliphatic carbocycles. The number of nitrogens with zero attached hydrogens (tertiary/aromatic N) is 5. The van der Waals surface area contributed by atoms with Gasteiger partial charge in [-0.25, -0.2) is 9.97 Å². The Bertz CT molecular complexity index is 943. The summed E-state index contributed by atoms with van der Waals surface area (Å²) >= 11 is 6.20. The van der Waals surface area contributed by atoms with Crippen LogP contribution in [0.3, 0.4) is 0 Å². The quantitative estimate of drug-likeness (QED) is 0.180. The van der Waals surface area contributed by atoms with Gasteiger partial charge in [0.2, 0.25) is 0 Å². The largest absolute Gasteiger partial charge is 0.368 e. The summed E-state index contributed by atoms with van der Waals surface area (Å²) in [7, 11) is 1.86. The van der Waals surface area contributed by atoms with Gasteiger partial charge < -0.3 is 16.0 Å². The molecule has 0 aliphatic rings. The summed E-state index contributed by atoms with van der Waals surface area (Å²) in [5.41, 5.74) is 1.91. The average molecular weight is 529 g/mol. The van der Waals surface area contributed by atoms with Gasteiger partial charge in [-0.15, -0.1) is 24.0 Å². The molecule has 3 rings (SSSR count). The lowest BCUT2D eigenvalue weighted by Crippen LogP contribution is -2.39. The minimum absolute atomic E-state index is 0. The molecule has 2 aromatic heterocycles. The fourth-order valence-corrected chi connectivity index (χ4v) is 3.03. The van der Waals surface area contributed by atoms with Crippen molar-refractivity contribution in [3.63, 3.8) is 0 Å². The molecule has 29 heavy (non-hydrogen) atoms. The van der Waals surface area contributed by atoms with E-state index in [2.05, 4.69) is 36.0 Å². The van der Waals surface area contributed by atoms with E-state index in [0.717, 1.165) is 46.4 Å². The van der Waals surface area contributed by atoms with Crippen molar-refractivity contribution in [2.45, 2.75) is 13.3 Å². The van der Waals surface area contributed by atoms with Crippen LogP contribution in [0.5, 0.6) is 0 Å². The smallest absolute Gasteiger partial charge is 0.191 e. The van der Waals surface area contributed by atoms with Crippen LogP contribution in [0, 0.1) is 0 Å². The summed E-state index contributed by atoms with van der Waals surface area (Å²) in [6, 6.07) is 7.86. The van der Waals surface area contributed by atoms with E-state index in [-0.39, 0.29) is 24.0 Å². The third-order valence-corrected chi connectivity index (χ3v) is 4.56. The topological polar surface area (TPSA) is 92.1 Å². The molecule has 0 spiro atoms. The predicted molar refractivity (Wildman–Crippen MR) is 129 cm³/mol. The van der Waals surface area contributed by atoms with Crippen molar-refractivity contribution in [1.29, 1.82) is 0 Å². The Balaban J connectivity index is 0.00000300. The summed E-state index contributed by atoms with van der Waals surface area (Å²) in [6.07, 6.45) is 4.11. The highest BCUT2D eigenvalue weighted by molar-refractivity contribution is 14.0. The molecule has 156 valence electrons. The number of hydrogen-bond donors (Lipinski definition) is 3. The molecule has 2 heterocycles. The maximum Gasteiger partial charge on any atom is 0.191 e. The number of hydrogen-bond acceptors (Lipinski definition) is 5. The van der Waals surface area contributed by atoms with Crippen molar-refractivity contribution in [3.05, 3.63) is 47.4 Å². The Morgan fingerprint density at radius 3 is 2.79 bits per heavy atom. The molecule has 3 aromatic rings. The van der Waals surface area contributed by atoms with Gasteiger partial charge in [0.25, 0.3) is 0 Å². The zero-order valence-corrected chi connectivity index (χ0v) is 19.6. The highest BCUT2D eigenvalue weighted by atomic mass is 127. The number of benzene rings is 1. The number of guanidine groups is 1. The number of aromatic nitrogens is 4. The molecular weight excluding hydrogens is 503 g/mol. The second-order valence-electron chi connectivity index (χ2n) is 6.18. The Kier molecular flexibility index (Phi) is 9.39. The van der Waals surface area contributed by atoms with E-state index in [1.54, 1.807) is 17.2 Å². The summed E-state index contributed by atoms with van der Waals surface area (Å²) in [4.78, 5) is 13.2. The van der Waals surface area contributed by atoms with Crippen LogP contribution in [0.1, 0.15) is 12.5 Å². The fraction of sp³-hybridized carbons (Fsp3) is 0.368. The summed E-state index contributed by atoms with van der Waals surface area (Å²) in [5, 5.41) is 15.8. The van der Waals surface area contributed by atoms with E-state index < -0.39 is 0 Å². The lowest BCUT2D eigenvalue weighted by Gasteiger charge is -2.12. The van der Waals surface area contributed by atoms with Gasteiger partial charge >= 0.3 is 0 Å². The van der Waals surface area contributed by atoms with Gasteiger partial charge in [-0.3, -0.25) is 9.67 Å². The second kappa shape index (κ2) is 11.8. The molecule has 0 amide bonds.